The second kappa shape index (κ2) is 8.90. The minimum atomic E-state index is -0.461. The first-order valence-electron chi connectivity index (χ1n) is 12.2. The Bertz CT molecular complexity index is 1270. The third-order valence-electron chi connectivity index (χ3n) is 7.40. The minimum absolute atomic E-state index is 0.0497. The topological polar surface area (TPSA) is 52.7 Å². The molecule has 0 radical (unpaired) electrons. The van der Waals surface area contributed by atoms with Crippen molar-refractivity contribution in [3.63, 3.8) is 0 Å². The average Bonchev–Trinajstić information content (AvgIpc) is 2.73. The third kappa shape index (κ3) is 4.29. The Morgan fingerprint density at radius 3 is 2.43 bits per heavy atom. The average molecular weight is 490 g/mol. The van der Waals surface area contributed by atoms with Crippen LogP contribution in [0.4, 0.5) is 11.4 Å². The molecule has 1 fully saturated rings. The normalized spacial score (nSPS) is 21.0. The highest BCUT2D eigenvalue weighted by molar-refractivity contribution is 7.80. The summed E-state index contributed by atoms with van der Waals surface area (Å²) in [6.07, 6.45) is 2.75. The van der Waals surface area contributed by atoms with E-state index >= 15 is 0 Å². The lowest BCUT2D eigenvalue weighted by Crippen LogP contribution is -2.54. The molecule has 0 saturated carbocycles. The van der Waals surface area contributed by atoms with Gasteiger partial charge in [-0.2, -0.15) is 0 Å². The highest BCUT2D eigenvalue weighted by atomic mass is 32.1. The van der Waals surface area contributed by atoms with Gasteiger partial charge in [0.05, 0.1) is 5.69 Å². The predicted octanol–water partition coefficient (Wildman–Crippen LogP) is 5.94. The van der Waals surface area contributed by atoms with E-state index in [-0.39, 0.29) is 16.2 Å². The number of fused-ring (bicyclic) bond motifs is 1. The second-order valence-electron chi connectivity index (χ2n) is 10.8. The third-order valence-corrected chi connectivity index (χ3v) is 7.68. The van der Waals surface area contributed by atoms with Crippen molar-refractivity contribution in [2.24, 2.45) is 0 Å². The molecule has 0 spiro atoms. The van der Waals surface area contributed by atoms with Gasteiger partial charge in [0, 0.05) is 17.3 Å². The molecule has 2 aliphatic heterocycles. The van der Waals surface area contributed by atoms with Gasteiger partial charge in [-0.1, -0.05) is 19.1 Å². The van der Waals surface area contributed by atoms with Crippen LogP contribution < -0.4 is 15.1 Å². The number of aryl methyl sites for hydroxylation is 2. The maximum Gasteiger partial charge on any atom is 0.270 e. The maximum absolute atomic E-state index is 13.6. The van der Waals surface area contributed by atoms with Crippen molar-refractivity contribution < 1.29 is 9.59 Å². The molecule has 2 aromatic rings. The number of hydrogen-bond acceptors (Lipinski definition) is 4. The van der Waals surface area contributed by atoms with Crippen LogP contribution in [0.15, 0.2) is 35.9 Å². The summed E-state index contributed by atoms with van der Waals surface area (Å²) < 4.78 is 0. The van der Waals surface area contributed by atoms with Gasteiger partial charge in [0.25, 0.3) is 11.8 Å². The molecule has 4 rings (SSSR count). The summed E-state index contributed by atoms with van der Waals surface area (Å²) in [5, 5.41) is 2.83. The van der Waals surface area contributed by atoms with E-state index in [2.05, 4.69) is 57.0 Å². The predicted molar refractivity (Wildman–Crippen MR) is 148 cm³/mol. The van der Waals surface area contributed by atoms with Crippen LogP contribution in [0.2, 0.25) is 0 Å². The number of carbonyl (C=O) groups is 2. The fourth-order valence-electron chi connectivity index (χ4n) is 5.76. The van der Waals surface area contributed by atoms with E-state index in [9.17, 15) is 9.59 Å². The number of nitrogens with zero attached hydrogens (tertiary/aromatic N) is 2. The largest absolute Gasteiger partial charge is 0.364 e. The molecular formula is C29H35N3O2S. The molecule has 0 aliphatic carbocycles. The molecule has 6 heteroatoms. The lowest BCUT2D eigenvalue weighted by Gasteiger charge is -2.50. The van der Waals surface area contributed by atoms with E-state index in [4.69, 9.17) is 12.2 Å². The van der Waals surface area contributed by atoms with Gasteiger partial charge in [0.1, 0.15) is 5.57 Å². The number of anilines is 2. The van der Waals surface area contributed by atoms with Gasteiger partial charge in [-0.3, -0.25) is 19.8 Å². The molecule has 2 aromatic carbocycles. The molecule has 35 heavy (non-hydrogen) atoms. The highest BCUT2D eigenvalue weighted by Gasteiger charge is 2.39. The van der Waals surface area contributed by atoms with E-state index in [1.54, 1.807) is 6.08 Å². The Balaban J connectivity index is 1.81. The zero-order chi connectivity index (χ0) is 25.8. The Morgan fingerprint density at radius 1 is 1.09 bits per heavy atom. The smallest absolute Gasteiger partial charge is 0.270 e. The Morgan fingerprint density at radius 2 is 1.77 bits per heavy atom. The second-order valence-corrected chi connectivity index (χ2v) is 11.2. The van der Waals surface area contributed by atoms with Crippen LogP contribution in [0.3, 0.4) is 0 Å². The van der Waals surface area contributed by atoms with Crippen LogP contribution in [-0.4, -0.2) is 28.5 Å². The monoisotopic (exact) mass is 489 g/mol. The molecule has 2 heterocycles. The van der Waals surface area contributed by atoms with Gasteiger partial charge in [-0.05, 0) is 125 Å². The summed E-state index contributed by atoms with van der Waals surface area (Å²) in [6, 6.07) is 10.5. The molecule has 0 aromatic heterocycles. The van der Waals surface area contributed by atoms with E-state index < -0.39 is 11.8 Å². The molecule has 0 unspecified atom stereocenters. The zero-order valence-electron chi connectivity index (χ0n) is 21.9. The summed E-state index contributed by atoms with van der Waals surface area (Å²) in [6.45, 7) is 17.3. The quantitative estimate of drug-likeness (QED) is 0.329. The van der Waals surface area contributed by atoms with Gasteiger partial charge in [0.2, 0.25) is 0 Å². The first kappa shape index (κ1) is 25.1. The first-order chi connectivity index (χ1) is 16.3. The molecule has 2 aliphatic rings. The minimum Gasteiger partial charge on any atom is -0.364 e. The molecule has 2 amide bonds. The SMILES string of the molecule is Cc1cc2c(cc1/C=C1\C(=O)NC(=S)N(c3cccc(C)c3C)C1=O)[C@@H](C)CC(C)(C)N2C(C)C. The molecule has 0 bridgehead atoms. The Hall–Kier alpha value is -2.99. The summed E-state index contributed by atoms with van der Waals surface area (Å²) in [4.78, 5) is 30.4. The first-order valence-corrected chi connectivity index (χ1v) is 12.7. The number of benzene rings is 2. The van der Waals surface area contributed by atoms with Crippen molar-refractivity contribution in [1.29, 1.82) is 0 Å². The maximum atomic E-state index is 13.6. The molecule has 184 valence electrons. The Labute approximate surface area is 214 Å². The van der Waals surface area contributed by atoms with Crippen molar-refractivity contribution in [3.05, 3.63) is 63.7 Å². The standard InChI is InChI=1S/C29H35N3O2S/c1-16(2)32-25-12-18(4)21(13-22(25)19(5)15-29(32,7)8)14-23-26(33)30-28(35)31(27(23)34)24-11-9-10-17(3)20(24)6/h9-14,16,19H,15H2,1-8H3,(H,30,33,35)/b23-14+/t19-/m0/s1. The summed E-state index contributed by atoms with van der Waals surface area (Å²) in [5.41, 5.74) is 7.23. The van der Waals surface area contributed by atoms with E-state index in [0.29, 0.717) is 17.6 Å². The lowest BCUT2D eigenvalue weighted by atomic mass is 9.78. The van der Waals surface area contributed by atoms with Gasteiger partial charge in [-0.25, -0.2) is 0 Å². The van der Waals surface area contributed by atoms with Crippen molar-refractivity contribution in [2.75, 3.05) is 9.80 Å². The summed E-state index contributed by atoms with van der Waals surface area (Å²) in [5.74, 6) is -0.498. The fraction of sp³-hybridized carbons (Fsp3) is 0.414. The summed E-state index contributed by atoms with van der Waals surface area (Å²) in [7, 11) is 0. The number of hydrogen-bond donors (Lipinski definition) is 1. The van der Waals surface area contributed by atoms with Crippen LogP contribution >= 0.6 is 12.2 Å². The van der Waals surface area contributed by atoms with Crippen LogP contribution in [0.25, 0.3) is 6.08 Å². The van der Waals surface area contributed by atoms with Crippen LogP contribution in [0.5, 0.6) is 0 Å². The van der Waals surface area contributed by atoms with Crippen LogP contribution in [0.1, 0.15) is 74.8 Å². The van der Waals surface area contributed by atoms with Crippen LogP contribution in [-0.2, 0) is 9.59 Å². The number of nitrogens with one attached hydrogen (secondary N) is 1. The van der Waals surface area contributed by atoms with Gasteiger partial charge >= 0.3 is 0 Å². The molecule has 1 atom stereocenters. The van der Waals surface area contributed by atoms with E-state index in [1.165, 1.54) is 16.2 Å². The fourth-order valence-corrected chi connectivity index (χ4v) is 6.03. The lowest BCUT2D eigenvalue weighted by molar-refractivity contribution is -0.122. The van der Waals surface area contributed by atoms with Gasteiger partial charge in [-0.15, -0.1) is 0 Å². The molecular weight excluding hydrogens is 454 g/mol. The number of thiocarbonyl (C=S) groups is 1. The highest BCUT2D eigenvalue weighted by Crippen LogP contribution is 2.45. The number of carbonyl (C=O) groups excluding carboxylic acids is 2. The van der Waals surface area contributed by atoms with E-state index in [1.807, 2.05) is 39.0 Å². The molecule has 1 N–H and O–H groups in total. The van der Waals surface area contributed by atoms with Crippen molar-refractivity contribution in [1.82, 2.24) is 5.32 Å². The number of rotatable bonds is 3. The van der Waals surface area contributed by atoms with Crippen LogP contribution in [0, 0.1) is 20.8 Å². The van der Waals surface area contributed by atoms with Gasteiger partial charge in [0.15, 0.2) is 5.11 Å². The van der Waals surface area contributed by atoms with Crippen molar-refractivity contribution >= 4 is 46.6 Å². The summed E-state index contributed by atoms with van der Waals surface area (Å²) >= 11 is 5.40. The van der Waals surface area contributed by atoms with Crippen molar-refractivity contribution in [3.8, 4) is 0 Å². The number of amides is 2. The van der Waals surface area contributed by atoms with Crippen molar-refractivity contribution in [2.45, 2.75) is 79.3 Å². The zero-order valence-corrected chi connectivity index (χ0v) is 22.8. The Kier molecular flexibility index (Phi) is 6.39. The van der Waals surface area contributed by atoms with Gasteiger partial charge < -0.3 is 4.90 Å². The molecule has 5 nitrogen and oxygen atoms in total. The molecule has 1 saturated heterocycles. The van der Waals surface area contributed by atoms with E-state index in [0.717, 1.165) is 28.7 Å².